The number of nitrogens with one attached hydrogen (secondary N) is 1. The van der Waals surface area contributed by atoms with Crippen LogP contribution in [0.25, 0.3) is 0 Å². The Kier molecular flexibility index (Phi) is 5.50. The number of hydrogen-bond acceptors (Lipinski definition) is 2. The average molecular weight is 252 g/mol. The lowest BCUT2D eigenvalue weighted by Gasteiger charge is -2.36. The Balaban J connectivity index is 1.68. The van der Waals surface area contributed by atoms with Gasteiger partial charge < -0.3 is 10.2 Å². The summed E-state index contributed by atoms with van der Waals surface area (Å²) in [6, 6.07) is 0.700. The van der Waals surface area contributed by atoms with Crippen LogP contribution in [-0.4, -0.2) is 37.1 Å². The van der Waals surface area contributed by atoms with Crippen LogP contribution in [-0.2, 0) is 0 Å². The molecule has 18 heavy (non-hydrogen) atoms. The molecule has 1 saturated carbocycles. The van der Waals surface area contributed by atoms with Crippen molar-refractivity contribution in [3.05, 3.63) is 0 Å². The number of piperidine rings is 1. The van der Waals surface area contributed by atoms with E-state index in [2.05, 4.69) is 31.0 Å². The first kappa shape index (κ1) is 14.3. The van der Waals surface area contributed by atoms with Crippen LogP contribution in [0, 0.1) is 17.8 Å². The molecule has 1 N–H and O–H groups in total. The molecule has 0 aromatic heterocycles. The van der Waals surface area contributed by atoms with Gasteiger partial charge in [0.25, 0.3) is 0 Å². The fourth-order valence-electron chi connectivity index (χ4n) is 3.39. The largest absolute Gasteiger partial charge is 0.314 e. The molecule has 0 amide bonds. The van der Waals surface area contributed by atoms with Crippen molar-refractivity contribution in [3.63, 3.8) is 0 Å². The maximum Gasteiger partial charge on any atom is 0.00793 e. The third-order valence-corrected chi connectivity index (χ3v) is 4.98. The van der Waals surface area contributed by atoms with Crippen LogP contribution in [0.5, 0.6) is 0 Å². The summed E-state index contributed by atoms with van der Waals surface area (Å²) in [7, 11) is 0. The van der Waals surface area contributed by atoms with Crippen molar-refractivity contribution in [1.29, 1.82) is 0 Å². The molecule has 1 heterocycles. The van der Waals surface area contributed by atoms with Crippen LogP contribution in [0.2, 0.25) is 0 Å². The van der Waals surface area contributed by atoms with Gasteiger partial charge in [-0.3, -0.25) is 0 Å². The Labute approximate surface area is 114 Å². The van der Waals surface area contributed by atoms with Gasteiger partial charge in [0.05, 0.1) is 0 Å². The van der Waals surface area contributed by atoms with E-state index in [0.29, 0.717) is 6.04 Å². The topological polar surface area (TPSA) is 15.3 Å². The van der Waals surface area contributed by atoms with Crippen molar-refractivity contribution < 1.29 is 0 Å². The molecule has 0 spiro atoms. The summed E-state index contributed by atoms with van der Waals surface area (Å²) < 4.78 is 0. The maximum atomic E-state index is 3.81. The normalized spacial score (nSPS) is 29.2. The molecular formula is C16H32N2. The van der Waals surface area contributed by atoms with E-state index >= 15 is 0 Å². The predicted octanol–water partition coefficient (Wildman–Crippen LogP) is 3.13. The summed E-state index contributed by atoms with van der Waals surface area (Å²) in [5.74, 6) is 2.80. The number of hydrogen-bond donors (Lipinski definition) is 1. The van der Waals surface area contributed by atoms with E-state index in [9.17, 15) is 0 Å². The molecule has 1 saturated heterocycles. The average Bonchev–Trinajstić information content (AvgIpc) is 3.20. The van der Waals surface area contributed by atoms with E-state index in [1.54, 1.807) is 0 Å². The Morgan fingerprint density at radius 1 is 1.17 bits per heavy atom. The van der Waals surface area contributed by atoms with E-state index in [-0.39, 0.29) is 0 Å². The Morgan fingerprint density at radius 3 is 2.61 bits per heavy atom. The fraction of sp³-hybridized carbons (Fsp3) is 1.00. The first-order chi connectivity index (χ1) is 8.70. The highest BCUT2D eigenvalue weighted by Crippen LogP contribution is 2.36. The van der Waals surface area contributed by atoms with Crippen molar-refractivity contribution in [1.82, 2.24) is 10.2 Å². The van der Waals surface area contributed by atoms with E-state index in [1.807, 2.05) is 0 Å². The highest BCUT2D eigenvalue weighted by Gasteiger charge is 2.29. The van der Waals surface area contributed by atoms with Crippen LogP contribution in [0.1, 0.15) is 52.9 Å². The molecule has 0 aromatic carbocycles. The maximum absolute atomic E-state index is 3.81. The summed E-state index contributed by atoms with van der Waals surface area (Å²) in [5.41, 5.74) is 0. The third kappa shape index (κ3) is 4.24. The monoisotopic (exact) mass is 252 g/mol. The lowest BCUT2D eigenvalue weighted by molar-refractivity contribution is 0.149. The van der Waals surface area contributed by atoms with E-state index < -0.39 is 0 Å². The molecule has 2 rings (SSSR count). The van der Waals surface area contributed by atoms with E-state index in [4.69, 9.17) is 0 Å². The molecule has 0 bridgehead atoms. The number of likely N-dealkylation sites (tertiary alicyclic amines) is 1. The van der Waals surface area contributed by atoms with Crippen molar-refractivity contribution in [3.8, 4) is 0 Å². The van der Waals surface area contributed by atoms with Gasteiger partial charge in [0.15, 0.2) is 0 Å². The van der Waals surface area contributed by atoms with Gasteiger partial charge in [-0.25, -0.2) is 0 Å². The van der Waals surface area contributed by atoms with Gasteiger partial charge in [-0.05, 0) is 76.4 Å². The van der Waals surface area contributed by atoms with Crippen LogP contribution < -0.4 is 5.32 Å². The van der Waals surface area contributed by atoms with Crippen LogP contribution in [0.3, 0.4) is 0 Å². The van der Waals surface area contributed by atoms with Crippen molar-refractivity contribution in [2.75, 3.05) is 26.2 Å². The number of rotatable bonds is 7. The Bertz CT molecular complexity index is 235. The highest BCUT2D eigenvalue weighted by atomic mass is 15.1. The molecule has 2 fully saturated rings. The van der Waals surface area contributed by atoms with Crippen molar-refractivity contribution in [2.45, 2.75) is 58.9 Å². The molecule has 0 aromatic rings. The first-order valence-electron chi connectivity index (χ1n) is 8.16. The van der Waals surface area contributed by atoms with Gasteiger partial charge in [0.2, 0.25) is 0 Å². The number of nitrogens with zero attached hydrogens (tertiary/aromatic N) is 1. The molecule has 1 aliphatic carbocycles. The van der Waals surface area contributed by atoms with Crippen molar-refractivity contribution in [2.24, 2.45) is 17.8 Å². The minimum Gasteiger partial charge on any atom is -0.314 e. The lowest BCUT2D eigenvalue weighted by atomic mass is 9.91. The molecule has 3 unspecified atom stereocenters. The molecule has 2 nitrogen and oxygen atoms in total. The zero-order valence-corrected chi connectivity index (χ0v) is 12.6. The molecule has 2 heteroatoms. The molecule has 1 aliphatic heterocycles. The summed E-state index contributed by atoms with van der Waals surface area (Å²) in [5, 5.41) is 3.81. The minimum atomic E-state index is 0.700. The second kappa shape index (κ2) is 6.91. The fourth-order valence-corrected chi connectivity index (χ4v) is 3.39. The van der Waals surface area contributed by atoms with Gasteiger partial charge in [-0.2, -0.15) is 0 Å². The van der Waals surface area contributed by atoms with Crippen molar-refractivity contribution >= 4 is 0 Å². The SMILES string of the molecule is CCCN1CCCC(C(C)NCC(C)C2CC2)C1. The minimum absolute atomic E-state index is 0.700. The van der Waals surface area contributed by atoms with Gasteiger partial charge in [0.1, 0.15) is 0 Å². The smallest absolute Gasteiger partial charge is 0.00793 e. The summed E-state index contributed by atoms with van der Waals surface area (Å²) in [6.45, 7) is 12.3. The summed E-state index contributed by atoms with van der Waals surface area (Å²) in [6.07, 6.45) is 7.07. The highest BCUT2D eigenvalue weighted by molar-refractivity contribution is 4.84. The van der Waals surface area contributed by atoms with Gasteiger partial charge in [-0.1, -0.05) is 13.8 Å². The second-order valence-electron chi connectivity index (χ2n) is 6.71. The molecular weight excluding hydrogens is 220 g/mol. The molecule has 106 valence electrons. The first-order valence-corrected chi connectivity index (χ1v) is 8.16. The van der Waals surface area contributed by atoms with E-state index in [0.717, 1.165) is 17.8 Å². The third-order valence-electron chi connectivity index (χ3n) is 4.98. The Hall–Kier alpha value is -0.0800. The quantitative estimate of drug-likeness (QED) is 0.749. The Morgan fingerprint density at radius 2 is 1.94 bits per heavy atom. The van der Waals surface area contributed by atoms with Gasteiger partial charge in [0, 0.05) is 12.6 Å². The standard InChI is InChI=1S/C16H32N2/c1-4-9-18-10-5-6-16(12-18)14(3)17-11-13(2)15-7-8-15/h13-17H,4-12H2,1-3H3. The molecule has 2 aliphatic rings. The van der Waals surface area contributed by atoms with Crippen LogP contribution >= 0.6 is 0 Å². The van der Waals surface area contributed by atoms with Gasteiger partial charge in [-0.15, -0.1) is 0 Å². The predicted molar refractivity (Wildman–Crippen MR) is 78.8 cm³/mol. The summed E-state index contributed by atoms with van der Waals surface area (Å²) in [4.78, 5) is 2.66. The van der Waals surface area contributed by atoms with Crippen LogP contribution in [0.4, 0.5) is 0 Å². The summed E-state index contributed by atoms with van der Waals surface area (Å²) >= 11 is 0. The molecule has 0 radical (unpaired) electrons. The second-order valence-corrected chi connectivity index (χ2v) is 6.71. The molecule has 3 atom stereocenters. The van der Waals surface area contributed by atoms with Crippen LogP contribution in [0.15, 0.2) is 0 Å². The zero-order chi connectivity index (χ0) is 13.0. The zero-order valence-electron chi connectivity index (χ0n) is 12.6. The van der Waals surface area contributed by atoms with Gasteiger partial charge >= 0.3 is 0 Å². The lowest BCUT2D eigenvalue weighted by Crippen LogP contribution is -2.45. The van der Waals surface area contributed by atoms with E-state index in [1.165, 1.54) is 58.3 Å².